The van der Waals surface area contributed by atoms with E-state index in [1.807, 2.05) is 20.7 Å². The Morgan fingerprint density at radius 2 is 1.88 bits per heavy atom. The maximum Gasteiger partial charge on any atom is -0.147 e. The Kier molecular flexibility index (Phi) is 22.4. The van der Waals surface area contributed by atoms with Gasteiger partial charge in [0.15, 0.2) is 0 Å². The molecule has 0 saturated carbocycles. The van der Waals surface area contributed by atoms with Crippen LogP contribution in [-0.2, 0) is 20.7 Å². The summed E-state index contributed by atoms with van der Waals surface area (Å²) in [6.45, 7) is 4.33. The molecule has 1 unspecified atom stereocenters. The molecule has 0 radical (unpaired) electrons. The Labute approximate surface area is 75.5 Å². The van der Waals surface area contributed by atoms with Crippen molar-refractivity contribution in [3.05, 3.63) is 0 Å². The van der Waals surface area contributed by atoms with Crippen LogP contribution in [0, 0.1) is 0 Å². The molecule has 0 amide bonds. The van der Waals surface area contributed by atoms with E-state index in [0.29, 0.717) is 6.04 Å². The van der Waals surface area contributed by atoms with Gasteiger partial charge in [0.1, 0.15) is 0 Å². The van der Waals surface area contributed by atoms with E-state index < -0.39 is 0 Å². The van der Waals surface area contributed by atoms with Gasteiger partial charge < -0.3 is 0 Å². The zero-order valence-corrected chi connectivity index (χ0v) is 8.30. The molecule has 0 rings (SSSR count). The summed E-state index contributed by atoms with van der Waals surface area (Å²) >= 11 is 1.98. The van der Waals surface area contributed by atoms with Gasteiger partial charge in [0.25, 0.3) is 0 Å². The Balaban J connectivity index is -0.000000125. The predicted octanol–water partition coefficient (Wildman–Crippen LogP) is 1.68. The predicted molar refractivity (Wildman–Crippen MR) is 37.4 cm³/mol. The molecule has 0 aromatic carbocycles. The third kappa shape index (κ3) is 10.3. The van der Waals surface area contributed by atoms with Gasteiger partial charge in [-0.05, 0) is 0 Å². The Bertz CT molecular complexity index is 33.2. The van der Waals surface area contributed by atoms with Crippen LogP contribution in [0.15, 0.2) is 0 Å². The summed E-state index contributed by atoms with van der Waals surface area (Å²) in [5.74, 6) is 0. The second-order valence-electron chi connectivity index (χ2n) is 1.45. The van der Waals surface area contributed by atoms with Crippen LogP contribution in [0.3, 0.4) is 0 Å². The smallest absolute Gasteiger partial charge is 0.147 e. The first kappa shape index (κ1) is 16.1. The molecule has 0 fully saturated rings. The van der Waals surface area contributed by atoms with Crippen LogP contribution < -0.4 is 3.80 Å². The quantitative estimate of drug-likeness (QED) is 0.657. The van der Waals surface area contributed by atoms with Crippen LogP contribution >= 0.6 is 24.8 Å². The average molecular weight is 193 g/mol. The van der Waals surface area contributed by atoms with Crippen LogP contribution in [0.2, 0.25) is 0 Å². The van der Waals surface area contributed by atoms with E-state index in [1.165, 1.54) is 6.42 Å². The Morgan fingerprint density at radius 3 is 1.88 bits per heavy atom. The number of rotatable bonds is 2. The van der Waals surface area contributed by atoms with Crippen molar-refractivity contribution in [3.8, 4) is 0 Å². The molecule has 0 bridgehead atoms. The standard InChI is InChI=1S/C4H10N.2ClH.Ti/c1-3-4(2)5;;;/h4-5H,3H2,1-2H3;2*1H;/q-1;;;+1. The first-order chi connectivity index (χ1) is 2.81. The molecule has 0 saturated heterocycles. The molecule has 0 heterocycles. The largest absolute Gasteiger partial charge is 0.147 e. The van der Waals surface area contributed by atoms with Crippen molar-refractivity contribution in [3.63, 3.8) is 0 Å². The fourth-order valence-electron chi connectivity index (χ4n) is 0.102. The van der Waals surface area contributed by atoms with Crippen molar-refractivity contribution >= 4 is 24.8 Å². The topological polar surface area (TPSA) is 12.0 Å². The molecule has 0 aromatic rings. The summed E-state index contributed by atoms with van der Waals surface area (Å²) in [5, 5.41) is 0. The second-order valence-corrected chi connectivity index (χ2v) is 1.90. The van der Waals surface area contributed by atoms with Gasteiger partial charge in [-0.25, -0.2) is 0 Å². The van der Waals surface area contributed by atoms with E-state index in [9.17, 15) is 0 Å². The number of hydrogen-bond donors (Lipinski definition) is 1. The summed E-state index contributed by atoms with van der Waals surface area (Å²) in [7, 11) is 0. The van der Waals surface area contributed by atoms with E-state index in [1.54, 1.807) is 0 Å². The minimum atomic E-state index is 0. The van der Waals surface area contributed by atoms with E-state index >= 15 is 0 Å². The van der Waals surface area contributed by atoms with Gasteiger partial charge in [0, 0.05) is 0 Å². The van der Waals surface area contributed by atoms with Crippen molar-refractivity contribution in [1.82, 2.24) is 3.80 Å². The molecule has 1 N–H and O–H groups in total. The molecule has 1 atom stereocenters. The van der Waals surface area contributed by atoms with Gasteiger partial charge in [-0.1, -0.05) is 0 Å². The average Bonchev–Trinajstić information content (AvgIpc) is 1.65. The summed E-state index contributed by atoms with van der Waals surface area (Å²) in [6.07, 6.45) is 1.22. The van der Waals surface area contributed by atoms with Crippen LogP contribution in [0.4, 0.5) is 0 Å². The van der Waals surface area contributed by atoms with Crippen LogP contribution in [-0.4, -0.2) is 6.04 Å². The molecule has 0 spiro atoms. The van der Waals surface area contributed by atoms with Gasteiger partial charge in [-0.3, -0.25) is 0 Å². The minimum Gasteiger partial charge on any atom is -0.147 e. The van der Waals surface area contributed by atoms with Crippen LogP contribution in [0.25, 0.3) is 0 Å². The molecule has 0 aromatic heterocycles. The summed E-state index contributed by atoms with van der Waals surface area (Å²) in [4.78, 5) is 0. The molecule has 0 aliphatic rings. The van der Waals surface area contributed by atoms with Crippen LogP contribution in [0.1, 0.15) is 20.3 Å². The molecule has 51 valence electrons. The maximum atomic E-state index is 3.11. The first-order valence-electron chi connectivity index (χ1n) is 2.23. The fourth-order valence-corrected chi connectivity index (χ4v) is 0.421. The zero-order valence-electron chi connectivity index (χ0n) is 5.10. The van der Waals surface area contributed by atoms with Crippen molar-refractivity contribution < 1.29 is 20.7 Å². The van der Waals surface area contributed by atoms with Gasteiger partial charge >= 0.3 is 50.8 Å². The van der Waals surface area contributed by atoms with E-state index in [4.69, 9.17) is 0 Å². The second kappa shape index (κ2) is 11.1. The molecular formula is C4H12Cl2NTi. The summed E-state index contributed by atoms with van der Waals surface area (Å²) in [6, 6.07) is 0.685. The third-order valence-corrected chi connectivity index (χ3v) is 1.63. The number of nitrogens with one attached hydrogen (secondary N) is 1. The van der Waals surface area contributed by atoms with Gasteiger partial charge in [0.2, 0.25) is 0 Å². The van der Waals surface area contributed by atoms with Gasteiger partial charge in [-0.2, -0.15) is 0 Å². The molecule has 1 nitrogen and oxygen atoms in total. The molecule has 0 aliphatic carbocycles. The monoisotopic (exact) mass is 192 g/mol. The minimum absolute atomic E-state index is 0. The normalized spacial score (nSPS) is 10.6. The summed E-state index contributed by atoms with van der Waals surface area (Å²) < 4.78 is 3.11. The summed E-state index contributed by atoms with van der Waals surface area (Å²) in [5.41, 5.74) is 0. The van der Waals surface area contributed by atoms with Crippen molar-refractivity contribution in [2.24, 2.45) is 0 Å². The van der Waals surface area contributed by atoms with E-state index in [0.717, 1.165) is 0 Å². The van der Waals surface area contributed by atoms with Crippen molar-refractivity contribution in [1.29, 1.82) is 0 Å². The van der Waals surface area contributed by atoms with E-state index in [2.05, 4.69) is 17.6 Å². The molecule has 8 heavy (non-hydrogen) atoms. The molecular weight excluding hydrogens is 181 g/mol. The number of hydrogen-bond acceptors (Lipinski definition) is 1. The molecule has 0 aliphatic heterocycles. The van der Waals surface area contributed by atoms with Gasteiger partial charge in [-0.15, -0.1) is 24.8 Å². The fraction of sp³-hybridized carbons (Fsp3) is 1.00. The zero-order chi connectivity index (χ0) is 4.99. The van der Waals surface area contributed by atoms with Crippen LogP contribution in [0.5, 0.6) is 0 Å². The number of halogens is 2. The maximum absolute atomic E-state index is 3.11. The SMILES string of the molecule is CCC(C)[NH][Ti].Cl.Cl. The molecule has 4 heteroatoms. The van der Waals surface area contributed by atoms with Crippen molar-refractivity contribution in [2.45, 2.75) is 26.3 Å². The van der Waals surface area contributed by atoms with Gasteiger partial charge in [0.05, 0.1) is 0 Å². The first-order valence-corrected chi connectivity index (χ1v) is 3.01. The Morgan fingerprint density at radius 1 is 1.50 bits per heavy atom. The Hall–Kier alpha value is 1.25. The third-order valence-electron chi connectivity index (χ3n) is 0.859. The van der Waals surface area contributed by atoms with Crippen molar-refractivity contribution in [2.75, 3.05) is 0 Å². The van der Waals surface area contributed by atoms with E-state index in [-0.39, 0.29) is 24.8 Å².